The van der Waals surface area contributed by atoms with Crippen molar-refractivity contribution >= 4 is 5.91 Å². The summed E-state index contributed by atoms with van der Waals surface area (Å²) in [5.41, 5.74) is 2.51. The first-order valence-electron chi connectivity index (χ1n) is 9.95. The largest absolute Gasteiger partial charge is 0.346 e. The Bertz CT molecular complexity index is 784. The van der Waals surface area contributed by atoms with Crippen LogP contribution in [0.4, 0.5) is 0 Å². The standard InChI is InChI=1S/C23H26N2O/c26-22(24-23(13-14-23)18-10-5-2-6-11-18)19-16-21(17-8-3-1-4-9-17)25-15-7-12-20(19)25/h1-6,8-11,19-21H,7,12-16H2,(H,24,26)/t19-,20+,21-/m1/s1. The molecule has 2 saturated heterocycles. The summed E-state index contributed by atoms with van der Waals surface area (Å²) >= 11 is 0. The lowest BCUT2D eigenvalue weighted by atomic mass is 9.92. The third-order valence-corrected chi connectivity index (χ3v) is 6.64. The van der Waals surface area contributed by atoms with E-state index in [2.05, 4.69) is 64.8 Å². The Morgan fingerprint density at radius 2 is 1.69 bits per heavy atom. The molecule has 1 N–H and O–H groups in total. The second-order valence-corrected chi connectivity index (χ2v) is 8.15. The van der Waals surface area contributed by atoms with E-state index in [4.69, 9.17) is 0 Å². The van der Waals surface area contributed by atoms with Crippen LogP contribution in [0.5, 0.6) is 0 Å². The van der Waals surface area contributed by atoms with Gasteiger partial charge in [0.05, 0.1) is 11.5 Å². The summed E-state index contributed by atoms with van der Waals surface area (Å²) in [6, 6.07) is 22.0. The molecule has 2 heterocycles. The third-order valence-electron chi connectivity index (χ3n) is 6.64. The van der Waals surface area contributed by atoms with E-state index in [1.807, 2.05) is 6.07 Å². The highest BCUT2D eigenvalue weighted by Gasteiger charge is 2.51. The Morgan fingerprint density at radius 1 is 1.00 bits per heavy atom. The lowest BCUT2D eigenvalue weighted by molar-refractivity contribution is -0.126. The number of nitrogens with one attached hydrogen (secondary N) is 1. The van der Waals surface area contributed by atoms with Gasteiger partial charge in [-0.25, -0.2) is 0 Å². The summed E-state index contributed by atoms with van der Waals surface area (Å²) in [5.74, 6) is 0.380. The highest BCUT2D eigenvalue weighted by atomic mass is 16.2. The molecule has 0 unspecified atom stereocenters. The number of benzene rings is 2. The van der Waals surface area contributed by atoms with Gasteiger partial charge in [-0.15, -0.1) is 0 Å². The number of rotatable bonds is 4. The molecule has 3 aliphatic rings. The van der Waals surface area contributed by atoms with Crippen LogP contribution in [0.25, 0.3) is 0 Å². The van der Waals surface area contributed by atoms with Gasteiger partial charge >= 0.3 is 0 Å². The smallest absolute Gasteiger partial charge is 0.225 e. The van der Waals surface area contributed by atoms with Crippen LogP contribution >= 0.6 is 0 Å². The summed E-state index contributed by atoms with van der Waals surface area (Å²) in [7, 11) is 0. The molecule has 3 atom stereocenters. The molecule has 3 nitrogen and oxygen atoms in total. The van der Waals surface area contributed by atoms with Crippen LogP contribution in [-0.4, -0.2) is 23.4 Å². The average molecular weight is 346 g/mol. The summed E-state index contributed by atoms with van der Waals surface area (Å²) < 4.78 is 0. The molecule has 2 aromatic rings. The van der Waals surface area contributed by atoms with E-state index in [0.29, 0.717) is 12.1 Å². The van der Waals surface area contributed by atoms with Gasteiger partial charge < -0.3 is 5.32 Å². The molecule has 3 fully saturated rings. The molecule has 1 amide bonds. The highest BCUT2D eigenvalue weighted by molar-refractivity contribution is 5.81. The van der Waals surface area contributed by atoms with E-state index in [1.165, 1.54) is 17.5 Å². The third kappa shape index (κ3) is 2.66. The Hall–Kier alpha value is -2.13. The van der Waals surface area contributed by atoms with Gasteiger partial charge in [-0.3, -0.25) is 9.69 Å². The SMILES string of the molecule is O=C(NC1(c2ccccc2)CC1)[C@@H]1C[C@H](c2ccccc2)N2CCC[C@@H]12. The zero-order valence-electron chi connectivity index (χ0n) is 15.1. The van der Waals surface area contributed by atoms with Crippen molar-refractivity contribution in [3.05, 3.63) is 71.8 Å². The number of fused-ring (bicyclic) bond motifs is 1. The summed E-state index contributed by atoms with van der Waals surface area (Å²) in [5, 5.41) is 3.44. The predicted molar refractivity (Wildman–Crippen MR) is 103 cm³/mol. The molecule has 3 heteroatoms. The number of carbonyl (C=O) groups excluding carboxylic acids is 1. The van der Waals surface area contributed by atoms with Gasteiger partial charge in [-0.2, -0.15) is 0 Å². The van der Waals surface area contributed by atoms with Gasteiger partial charge in [-0.05, 0) is 49.8 Å². The minimum Gasteiger partial charge on any atom is -0.346 e. The van der Waals surface area contributed by atoms with Gasteiger partial charge in [0.25, 0.3) is 0 Å². The number of hydrogen-bond donors (Lipinski definition) is 1. The second kappa shape index (κ2) is 6.24. The molecule has 26 heavy (non-hydrogen) atoms. The van der Waals surface area contributed by atoms with Crippen LogP contribution in [-0.2, 0) is 10.3 Å². The normalized spacial score (nSPS) is 29.3. The van der Waals surface area contributed by atoms with E-state index >= 15 is 0 Å². The molecule has 0 radical (unpaired) electrons. The first-order chi connectivity index (χ1) is 12.8. The zero-order chi connectivity index (χ0) is 17.6. The molecule has 0 bridgehead atoms. The number of amides is 1. The topological polar surface area (TPSA) is 32.3 Å². The van der Waals surface area contributed by atoms with E-state index in [1.54, 1.807) is 0 Å². The summed E-state index contributed by atoms with van der Waals surface area (Å²) in [6.45, 7) is 1.12. The van der Waals surface area contributed by atoms with Crippen LogP contribution in [0.15, 0.2) is 60.7 Å². The van der Waals surface area contributed by atoms with Crippen LogP contribution in [0.3, 0.4) is 0 Å². The lowest BCUT2D eigenvalue weighted by Crippen LogP contribution is -2.42. The van der Waals surface area contributed by atoms with E-state index in [-0.39, 0.29) is 17.4 Å². The fourth-order valence-electron chi connectivity index (χ4n) is 5.15. The maximum atomic E-state index is 13.3. The van der Waals surface area contributed by atoms with E-state index < -0.39 is 0 Å². The van der Waals surface area contributed by atoms with Crippen molar-refractivity contribution in [3.63, 3.8) is 0 Å². The molecule has 0 spiro atoms. The van der Waals surface area contributed by atoms with Crippen molar-refractivity contribution in [2.45, 2.75) is 49.7 Å². The average Bonchev–Trinajstić information content (AvgIpc) is 3.14. The molecule has 1 saturated carbocycles. The highest BCUT2D eigenvalue weighted by Crippen LogP contribution is 2.48. The maximum absolute atomic E-state index is 13.3. The van der Waals surface area contributed by atoms with Crippen LogP contribution in [0.1, 0.15) is 49.3 Å². The van der Waals surface area contributed by atoms with Crippen molar-refractivity contribution in [3.8, 4) is 0 Å². The van der Waals surface area contributed by atoms with Crippen molar-refractivity contribution in [1.82, 2.24) is 10.2 Å². The summed E-state index contributed by atoms with van der Waals surface area (Å²) in [4.78, 5) is 15.8. The quantitative estimate of drug-likeness (QED) is 0.907. The van der Waals surface area contributed by atoms with Crippen LogP contribution in [0.2, 0.25) is 0 Å². The second-order valence-electron chi connectivity index (χ2n) is 8.15. The predicted octanol–water partition coefficient (Wildman–Crippen LogP) is 4.02. The van der Waals surface area contributed by atoms with Gasteiger partial charge in [-0.1, -0.05) is 60.7 Å². The molecule has 1 aliphatic carbocycles. The Labute approximate surface area is 155 Å². The number of carbonyl (C=O) groups is 1. The summed E-state index contributed by atoms with van der Waals surface area (Å²) in [6.07, 6.45) is 5.44. The Kier molecular flexibility index (Phi) is 3.86. The molecule has 0 aromatic heterocycles. The minimum atomic E-state index is -0.105. The number of nitrogens with zero attached hydrogens (tertiary/aromatic N) is 1. The van der Waals surface area contributed by atoms with Crippen molar-refractivity contribution in [1.29, 1.82) is 0 Å². The molecule has 2 aromatic carbocycles. The van der Waals surface area contributed by atoms with E-state index in [0.717, 1.165) is 32.2 Å². The van der Waals surface area contributed by atoms with Gasteiger partial charge in [0.1, 0.15) is 0 Å². The van der Waals surface area contributed by atoms with Crippen molar-refractivity contribution < 1.29 is 4.79 Å². The number of hydrogen-bond acceptors (Lipinski definition) is 2. The van der Waals surface area contributed by atoms with Crippen LogP contribution in [0, 0.1) is 5.92 Å². The van der Waals surface area contributed by atoms with E-state index in [9.17, 15) is 4.79 Å². The Morgan fingerprint density at radius 3 is 2.38 bits per heavy atom. The van der Waals surface area contributed by atoms with Gasteiger partial charge in [0.2, 0.25) is 5.91 Å². The van der Waals surface area contributed by atoms with Gasteiger partial charge in [0, 0.05) is 12.1 Å². The monoisotopic (exact) mass is 346 g/mol. The minimum absolute atomic E-state index is 0.105. The first-order valence-corrected chi connectivity index (χ1v) is 9.95. The fraction of sp³-hybridized carbons (Fsp3) is 0.435. The molecular weight excluding hydrogens is 320 g/mol. The Balaban J connectivity index is 1.36. The molecule has 134 valence electrons. The molecule has 2 aliphatic heterocycles. The van der Waals surface area contributed by atoms with Crippen molar-refractivity contribution in [2.24, 2.45) is 5.92 Å². The van der Waals surface area contributed by atoms with Crippen molar-refractivity contribution in [2.75, 3.05) is 6.54 Å². The zero-order valence-corrected chi connectivity index (χ0v) is 15.1. The maximum Gasteiger partial charge on any atom is 0.225 e. The molecular formula is C23H26N2O. The van der Waals surface area contributed by atoms with Crippen LogP contribution < -0.4 is 5.32 Å². The lowest BCUT2D eigenvalue weighted by Gasteiger charge is -2.25. The molecule has 5 rings (SSSR count). The van der Waals surface area contributed by atoms with Gasteiger partial charge in [0.15, 0.2) is 0 Å². The fourth-order valence-corrected chi connectivity index (χ4v) is 5.15. The first kappa shape index (κ1) is 16.1.